The number of nitrogens with one attached hydrogen (secondary N) is 1. The van der Waals surface area contributed by atoms with Gasteiger partial charge in [0.15, 0.2) is 5.96 Å². The van der Waals surface area contributed by atoms with Gasteiger partial charge in [0.1, 0.15) is 0 Å². The second-order valence-corrected chi connectivity index (χ2v) is 6.70. The van der Waals surface area contributed by atoms with Crippen molar-refractivity contribution < 1.29 is 0 Å². The molecule has 122 valence electrons. The van der Waals surface area contributed by atoms with Crippen LogP contribution in [-0.2, 0) is 0 Å². The molecule has 0 radical (unpaired) electrons. The van der Waals surface area contributed by atoms with Crippen molar-refractivity contribution in [2.45, 2.75) is 51.0 Å². The molecule has 0 amide bonds. The molecule has 0 aromatic rings. The number of nitrogens with zero attached hydrogens (tertiary/aromatic N) is 3. The number of hydrogen-bond acceptors (Lipinski definition) is 3. The van der Waals surface area contributed by atoms with E-state index < -0.39 is 0 Å². The van der Waals surface area contributed by atoms with Gasteiger partial charge >= 0.3 is 0 Å². The molecule has 2 rings (SSSR count). The van der Waals surface area contributed by atoms with Crippen LogP contribution in [0.5, 0.6) is 0 Å². The van der Waals surface area contributed by atoms with E-state index in [2.05, 4.69) is 34.1 Å². The van der Waals surface area contributed by atoms with Gasteiger partial charge in [-0.3, -0.25) is 9.89 Å². The highest BCUT2D eigenvalue weighted by atomic mass is 15.3. The first-order chi connectivity index (χ1) is 10.2. The highest BCUT2D eigenvalue weighted by Crippen LogP contribution is 2.31. The molecule has 0 spiro atoms. The van der Waals surface area contributed by atoms with Crippen molar-refractivity contribution in [3.8, 4) is 0 Å². The molecule has 0 bridgehead atoms. The Hall–Kier alpha value is -0.810. The van der Waals surface area contributed by atoms with Gasteiger partial charge in [0.2, 0.25) is 0 Å². The molecule has 21 heavy (non-hydrogen) atoms. The quantitative estimate of drug-likeness (QED) is 0.592. The van der Waals surface area contributed by atoms with Crippen molar-refractivity contribution in [2.24, 2.45) is 10.7 Å². The van der Waals surface area contributed by atoms with E-state index in [1.165, 1.54) is 58.3 Å². The van der Waals surface area contributed by atoms with Crippen LogP contribution in [-0.4, -0.2) is 67.6 Å². The number of hydrogen-bond donors (Lipinski definition) is 2. The van der Waals surface area contributed by atoms with Crippen LogP contribution in [0.3, 0.4) is 0 Å². The maximum absolute atomic E-state index is 6.00. The Kier molecular flexibility index (Phi) is 6.30. The van der Waals surface area contributed by atoms with E-state index in [1.807, 2.05) is 0 Å². The van der Waals surface area contributed by atoms with Crippen molar-refractivity contribution in [1.82, 2.24) is 15.1 Å². The molecule has 0 unspecified atom stereocenters. The van der Waals surface area contributed by atoms with Crippen molar-refractivity contribution in [3.05, 3.63) is 0 Å². The summed E-state index contributed by atoms with van der Waals surface area (Å²) in [5.74, 6) is 0.618. The monoisotopic (exact) mass is 295 g/mol. The van der Waals surface area contributed by atoms with E-state index in [1.54, 1.807) is 0 Å². The summed E-state index contributed by atoms with van der Waals surface area (Å²) in [6, 6.07) is 0. The smallest absolute Gasteiger partial charge is 0.188 e. The highest BCUT2D eigenvalue weighted by molar-refractivity contribution is 5.77. The van der Waals surface area contributed by atoms with Gasteiger partial charge in [-0.05, 0) is 65.3 Å². The van der Waals surface area contributed by atoms with Crippen LogP contribution in [0.4, 0.5) is 0 Å². The zero-order valence-electron chi connectivity index (χ0n) is 13.9. The van der Waals surface area contributed by atoms with Gasteiger partial charge in [-0.25, -0.2) is 0 Å². The fourth-order valence-corrected chi connectivity index (χ4v) is 3.52. The van der Waals surface area contributed by atoms with Crippen LogP contribution >= 0.6 is 0 Å². The first-order valence-corrected chi connectivity index (χ1v) is 8.64. The van der Waals surface area contributed by atoms with Gasteiger partial charge in [0.05, 0.1) is 6.54 Å². The molecule has 0 atom stereocenters. The Labute approximate surface area is 130 Å². The summed E-state index contributed by atoms with van der Waals surface area (Å²) in [4.78, 5) is 9.82. The average molecular weight is 295 g/mol. The van der Waals surface area contributed by atoms with Gasteiger partial charge in [-0.2, -0.15) is 0 Å². The third-order valence-corrected chi connectivity index (χ3v) is 5.04. The van der Waals surface area contributed by atoms with Gasteiger partial charge in [-0.15, -0.1) is 0 Å². The minimum atomic E-state index is 0.242. The minimum absolute atomic E-state index is 0.242. The summed E-state index contributed by atoms with van der Waals surface area (Å²) in [7, 11) is 2.22. The van der Waals surface area contributed by atoms with E-state index >= 15 is 0 Å². The lowest BCUT2D eigenvalue weighted by Gasteiger charge is -2.49. The Morgan fingerprint density at radius 2 is 1.81 bits per heavy atom. The van der Waals surface area contributed by atoms with Gasteiger partial charge in [0.25, 0.3) is 0 Å². The third kappa shape index (κ3) is 4.58. The Balaban J connectivity index is 2.01. The number of guanidine groups is 1. The average Bonchev–Trinajstić information content (AvgIpc) is 2.53. The molecule has 2 aliphatic rings. The fourth-order valence-electron chi connectivity index (χ4n) is 3.52. The topological polar surface area (TPSA) is 56.9 Å². The summed E-state index contributed by atoms with van der Waals surface area (Å²) in [5, 5.41) is 3.20. The lowest BCUT2D eigenvalue weighted by atomic mass is 9.84. The molecule has 5 nitrogen and oxygen atoms in total. The fraction of sp³-hybridized carbons (Fsp3) is 0.938. The van der Waals surface area contributed by atoms with Crippen LogP contribution in [0.15, 0.2) is 4.99 Å². The molecule has 0 aliphatic carbocycles. The van der Waals surface area contributed by atoms with Gasteiger partial charge in [-0.1, -0.05) is 13.3 Å². The SMILES string of the molecule is CCCNC(N)=NCC1(N2CCCCC2)CCN(C)CC1. The number of nitrogens with two attached hydrogens (primary N) is 1. The van der Waals surface area contributed by atoms with Crippen LogP contribution in [0.1, 0.15) is 45.4 Å². The molecule has 2 fully saturated rings. The third-order valence-electron chi connectivity index (χ3n) is 5.04. The molecule has 0 aromatic carbocycles. The van der Waals surface area contributed by atoms with E-state index in [0.29, 0.717) is 5.96 Å². The molecule has 0 saturated carbocycles. The summed E-state index contributed by atoms with van der Waals surface area (Å²) in [6.45, 7) is 8.73. The van der Waals surface area contributed by atoms with Crippen LogP contribution in [0, 0.1) is 0 Å². The molecular formula is C16H33N5. The van der Waals surface area contributed by atoms with E-state index in [9.17, 15) is 0 Å². The largest absolute Gasteiger partial charge is 0.370 e. The molecule has 2 heterocycles. The number of likely N-dealkylation sites (tertiary alicyclic amines) is 2. The maximum atomic E-state index is 6.00. The van der Waals surface area contributed by atoms with Crippen LogP contribution in [0.2, 0.25) is 0 Å². The zero-order valence-corrected chi connectivity index (χ0v) is 13.9. The van der Waals surface area contributed by atoms with Crippen molar-refractivity contribution >= 4 is 5.96 Å². The van der Waals surface area contributed by atoms with E-state index in [0.717, 1.165) is 19.5 Å². The normalized spacial score (nSPS) is 25.0. The second-order valence-electron chi connectivity index (χ2n) is 6.70. The summed E-state index contributed by atoms with van der Waals surface area (Å²) < 4.78 is 0. The minimum Gasteiger partial charge on any atom is -0.370 e. The Bertz CT molecular complexity index is 328. The van der Waals surface area contributed by atoms with Crippen molar-refractivity contribution in [1.29, 1.82) is 0 Å². The van der Waals surface area contributed by atoms with Gasteiger partial charge < -0.3 is 16.0 Å². The molecule has 0 aromatic heterocycles. The predicted octanol–water partition coefficient (Wildman–Crippen LogP) is 1.25. The second kappa shape index (κ2) is 7.99. The summed E-state index contributed by atoms with van der Waals surface area (Å²) >= 11 is 0. The molecule has 3 N–H and O–H groups in total. The Morgan fingerprint density at radius 1 is 1.14 bits per heavy atom. The first-order valence-electron chi connectivity index (χ1n) is 8.64. The zero-order chi connectivity index (χ0) is 15.1. The van der Waals surface area contributed by atoms with Gasteiger partial charge in [0, 0.05) is 12.1 Å². The first kappa shape index (κ1) is 16.6. The molecule has 2 saturated heterocycles. The highest BCUT2D eigenvalue weighted by Gasteiger charge is 2.39. The van der Waals surface area contributed by atoms with Crippen LogP contribution < -0.4 is 11.1 Å². The van der Waals surface area contributed by atoms with Crippen LogP contribution in [0.25, 0.3) is 0 Å². The lowest BCUT2D eigenvalue weighted by Crippen LogP contribution is -2.58. The molecule has 2 aliphatic heterocycles. The number of rotatable bonds is 5. The van der Waals surface area contributed by atoms with E-state index in [-0.39, 0.29) is 5.54 Å². The summed E-state index contributed by atoms with van der Waals surface area (Å²) in [6.07, 6.45) is 7.58. The lowest BCUT2D eigenvalue weighted by molar-refractivity contribution is 0.0208. The molecule has 5 heteroatoms. The Morgan fingerprint density at radius 3 is 2.43 bits per heavy atom. The predicted molar refractivity (Wildman–Crippen MR) is 89.7 cm³/mol. The number of piperidine rings is 2. The van der Waals surface area contributed by atoms with E-state index in [4.69, 9.17) is 5.73 Å². The summed E-state index contributed by atoms with van der Waals surface area (Å²) in [5.41, 5.74) is 6.24. The standard InChI is InChI=1S/C16H33N5/c1-3-9-18-15(17)19-14-16(7-12-20(2)13-8-16)21-10-5-4-6-11-21/h3-14H2,1-2H3,(H3,17,18,19). The molecular weight excluding hydrogens is 262 g/mol. The maximum Gasteiger partial charge on any atom is 0.188 e. The number of aliphatic imine (C=N–C) groups is 1. The van der Waals surface area contributed by atoms with Crippen molar-refractivity contribution in [2.75, 3.05) is 46.3 Å². The van der Waals surface area contributed by atoms with Crippen molar-refractivity contribution in [3.63, 3.8) is 0 Å².